The van der Waals surface area contributed by atoms with Crippen molar-refractivity contribution in [1.29, 1.82) is 0 Å². The van der Waals surface area contributed by atoms with Crippen molar-refractivity contribution in [2.75, 3.05) is 33.4 Å². The number of piperidine rings is 1. The van der Waals surface area contributed by atoms with Gasteiger partial charge >= 0.3 is 0 Å². The van der Waals surface area contributed by atoms with Gasteiger partial charge in [-0.25, -0.2) is 0 Å². The molecule has 4 heteroatoms. The molecule has 0 aromatic carbocycles. The van der Waals surface area contributed by atoms with Crippen LogP contribution in [-0.4, -0.2) is 56.1 Å². The summed E-state index contributed by atoms with van der Waals surface area (Å²) in [6.45, 7) is 8.75. The molecule has 2 aliphatic heterocycles. The molecule has 0 aromatic rings. The number of likely N-dealkylation sites (N-methyl/N-ethyl adjacent to an activating group) is 1. The van der Waals surface area contributed by atoms with Crippen LogP contribution in [0.25, 0.3) is 0 Å². The van der Waals surface area contributed by atoms with E-state index in [1.807, 2.05) is 0 Å². The van der Waals surface area contributed by atoms with Crippen LogP contribution in [0, 0.1) is 11.8 Å². The van der Waals surface area contributed by atoms with Crippen molar-refractivity contribution in [2.24, 2.45) is 11.8 Å². The van der Waals surface area contributed by atoms with E-state index in [2.05, 4.69) is 31.1 Å². The van der Waals surface area contributed by atoms with Crippen LogP contribution in [0.2, 0.25) is 0 Å². The lowest BCUT2D eigenvalue weighted by molar-refractivity contribution is -0.194. The fourth-order valence-corrected chi connectivity index (χ4v) is 4.53. The summed E-state index contributed by atoms with van der Waals surface area (Å²) in [6, 6.07) is 1.15. The fraction of sp³-hybridized carbons (Fsp3) is 1.00. The molecule has 4 nitrogen and oxygen atoms in total. The van der Waals surface area contributed by atoms with Gasteiger partial charge in [0.1, 0.15) is 0 Å². The van der Waals surface area contributed by atoms with Crippen molar-refractivity contribution in [3.63, 3.8) is 0 Å². The molecule has 1 spiro atoms. The van der Waals surface area contributed by atoms with Gasteiger partial charge in [-0.15, -0.1) is 0 Å². The third kappa shape index (κ3) is 3.29. The standard InChI is InChI=1S/C17H32N2O2/c1-13(2)14-5-8-19(9-6-14)16-12-17(20-10-11-21-17)7-4-15(16)18-3/h13-16,18H,4-12H2,1-3H3. The Kier molecular flexibility index (Phi) is 4.89. The monoisotopic (exact) mass is 296 g/mol. The number of nitrogens with zero attached hydrogens (tertiary/aromatic N) is 1. The highest BCUT2D eigenvalue weighted by atomic mass is 16.7. The summed E-state index contributed by atoms with van der Waals surface area (Å²) in [5.41, 5.74) is 0. The number of rotatable bonds is 3. The molecular weight excluding hydrogens is 264 g/mol. The predicted octanol–water partition coefficient (Wildman–Crippen LogP) is 2.24. The molecule has 3 fully saturated rings. The van der Waals surface area contributed by atoms with Gasteiger partial charge in [-0.2, -0.15) is 0 Å². The summed E-state index contributed by atoms with van der Waals surface area (Å²) in [7, 11) is 2.10. The SMILES string of the molecule is CNC1CCC2(CC1N1CCC(C(C)C)CC1)OCCO2. The van der Waals surface area contributed by atoms with E-state index in [0.717, 1.165) is 44.3 Å². The highest BCUT2D eigenvalue weighted by molar-refractivity contribution is 4.97. The van der Waals surface area contributed by atoms with Gasteiger partial charge in [0, 0.05) is 24.9 Å². The predicted molar refractivity (Wildman–Crippen MR) is 84.3 cm³/mol. The second-order valence-electron chi connectivity index (χ2n) is 7.43. The first kappa shape index (κ1) is 15.7. The second kappa shape index (κ2) is 6.53. The van der Waals surface area contributed by atoms with E-state index < -0.39 is 0 Å². The molecule has 1 saturated carbocycles. The maximum Gasteiger partial charge on any atom is 0.170 e. The largest absolute Gasteiger partial charge is 0.347 e. The summed E-state index contributed by atoms with van der Waals surface area (Å²) < 4.78 is 12.0. The van der Waals surface area contributed by atoms with Crippen molar-refractivity contribution in [3.8, 4) is 0 Å². The Labute approximate surface area is 129 Å². The maximum absolute atomic E-state index is 5.98. The zero-order valence-electron chi connectivity index (χ0n) is 13.9. The topological polar surface area (TPSA) is 33.7 Å². The molecule has 2 atom stereocenters. The Morgan fingerprint density at radius 3 is 2.33 bits per heavy atom. The molecular formula is C17H32N2O2. The van der Waals surface area contributed by atoms with E-state index >= 15 is 0 Å². The second-order valence-corrected chi connectivity index (χ2v) is 7.43. The van der Waals surface area contributed by atoms with Gasteiger partial charge in [-0.05, 0) is 51.2 Å². The molecule has 0 radical (unpaired) electrons. The van der Waals surface area contributed by atoms with Crippen LogP contribution in [0.15, 0.2) is 0 Å². The third-order valence-electron chi connectivity index (χ3n) is 5.99. The van der Waals surface area contributed by atoms with Crippen LogP contribution >= 0.6 is 0 Å². The van der Waals surface area contributed by atoms with Crippen LogP contribution < -0.4 is 5.32 Å². The van der Waals surface area contributed by atoms with Gasteiger partial charge in [0.25, 0.3) is 0 Å². The normalized spacial score (nSPS) is 34.9. The zero-order valence-corrected chi connectivity index (χ0v) is 13.9. The molecule has 122 valence electrons. The molecule has 1 N–H and O–H groups in total. The van der Waals surface area contributed by atoms with Crippen molar-refractivity contribution < 1.29 is 9.47 Å². The molecule has 3 aliphatic rings. The number of hydrogen-bond donors (Lipinski definition) is 1. The number of ether oxygens (including phenoxy) is 2. The van der Waals surface area contributed by atoms with Gasteiger partial charge in [0.05, 0.1) is 13.2 Å². The Morgan fingerprint density at radius 1 is 1.10 bits per heavy atom. The van der Waals surface area contributed by atoms with Gasteiger partial charge < -0.3 is 14.8 Å². The van der Waals surface area contributed by atoms with Crippen LogP contribution in [-0.2, 0) is 9.47 Å². The minimum absolute atomic E-state index is 0.271. The average molecular weight is 296 g/mol. The summed E-state index contributed by atoms with van der Waals surface area (Å²) in [5, 5.41) is 3.54. The highest BCUT2D eigenvalue weighted by Crippen LogP contribution is 2.39. The summed E-state index contributed by atoms with van der Waals surface area (Å²) in [5.74, 6) is 1.46. The molecule has 3 rings (SSSR count). The summed E-state index contributed by atoms with van der Waals surface area (Å²) in [4.78, 5) is 2.70. The Bertz CT molecular complexity index is 334. The fourth-order valence-electron chi connectivity index (χ4n) is 4.53. The minimum atomic E-state index is -0.271. The highest BCUT2D eigenvalue weighted by Gasteiger charge is 2.46. The van der Waals surface area contributed by atoms with Gasteiger partial charge in [-0.3, -0.25) is 4.90 Å². The lowest BCUT2D eigenvalue weighted by Gasteiger charge is -2.48. The summed E-state index contributed by atoms with van der Waals surface area (Å²) >= 11 is 0. The molecule has 21 heavy (non-hydrogen) atoms. The molecule has 2 saturated heterocycles. The van der Waals surface area contributed by atoms with Gasteiger partial charge in [-0.1, -0.05) is 13.8 Å². The summed E-state index contributed by atoms with van der Waals surface area (Å²) in [6.07, 6.45) is 5.92. The zero-order chi connectivity index (χ0) is 14.9. The number of nitrogens with one attached hydrogen (secondary N) is 1. The van der Waals surface area contributed by atoms with Crippen LogP contribution in [0.4, 0.5) is 0 Å². The molecule has 0 aromatic heterocycles. The lowest BCUT2D eigenvalue weighted by Crippen LogP contribution is -2.58. The Morgan fingerprint density at radius 2 is 1.76 bits per heavy atom. The van der Waals surface area contributed by atoms with E-state index in [9.17, 15) is 0 Å². The first-order valence-electron chi connectivity index (χ1n) is 8.83. The first-order valence-corrected chi connectivity index (χ1v) is 8.83. The van der Waals surface area contributed by atoms with E-state index in [1.165, 1.54) is 25.9 Å². The molecule has 1 aliphatic carbocycles. The molecule has 0 bridgehead atoms. The van der Waals surface area contributed by atoms with E-state index in [4.69, 9.17) is 9.47 Å². The molecule has 2 heterocycles. The van der Waals surface area contributed by atoms with Crippen LogP contribution in [0.5, 0.6) is 0 Å². The first-order chi connectivity index (χ1) is 10.1. The lowest BCUT2D eigenvalue weighted by atomic mass is 9.81. The van der Waals surface area contributed by atoms with Gasteiger partial charge in [0.2, 0.25) is 0 Å². The molecule has 0 amide bonds. The van der Waals surface area contributed by atoms with Crippen molar-refractivity contribution in [1.82, 2.24) is 10.2 Å². The van der Waals surface area contributed by atoms with Crippen molar-refractivity contribution in [3.05, 3.63) is 0 Å². The van der Waals surface area contributed by atoms with E-state index in [0.29, 0.717) is 12.1 Å². The smallest absolute Gasteiger partial charge is 0.170 e. The maximum atomic E-state index is 5.98. The third-order valence-corrected chi connectivity index (χ3v) is 5.99. The van der Waals surface area contributed by atoms with E-state index in [1.54, 1.807) is 0 Å². The van der Waals surface area contributed by atoms with Crippen LogP contribution in [0.3, 0.4) is 0 Å². The molecule has 2 unspecified atom stereocenters. The van der Waals surface area contributed by atoms with E-state index in [-0.39, 0.29) is 5.79 Å². The average Bonchev–Trinajstić information content (AvgIpc) is 2.95. The van der Waals surface area contributed by atoms with Crippen molar-refractivity contribution >= 4 is 0 Å². The van der Waals surface area contributed by atoms with Crippen molar-refractivity contribution in [2.45, 2.75) is 63.8 Å². The number of likely N-dealkylation sites (tertiary alicyclic amines) is 1. The van der Waals surface area contributed by atoms with Gasteiger partial charge in [0.15, 0.2) is 5.79 Å². The number of hydrogen-bond acceptors (Lipinski definition) is 4. The Hall–Kier alpha value is -0.160. The van der Waals surface area contributed by atoms with Crippen LogP contribution in [0.1, 0.15) is 46.0 Å². The quantitative estimate of drug-likeness (QED) is 0.866. The Balaban J connectivity index is 1.64. The minimum Gasteiger partial charge on any atom is -0.347 e.